The van der Waals surface area contributed by atoms with Crippen LogP contribution in [0.3, 0.4) is 0 Å². The number of nitrogens with one attached hydrogen (secondary N) is 1. The molecule has 0 aliphatic carbocycles. The summed E-state index contributed by atoms with van der Waals surface area (Å²) in [6, 6.07) is 9.89. The van der Waals surface area contributed by atoms with E-state index in [1.54, 1.807) is 4.90 Å². The van der Waals surface area contributed by atoms with Gasteiger partial charge >= 0.3 is 0 Å². The quantitative estimate of drug-likeness (QED) is 0.712. The lowest BCUT2D eigenvalue weighted by atomic mass is 10.1. The van der Waals surface area contributed by atoms with Crippen LogP contribution in [0.4, 0.5) is 0 Å². The van der Waals surface area contributed by atoms with Crippen molar-refractivity contribution >= 4 is 16.9 Å². The van der Waals surface area contributed by atoms with E-state index in [4.69, 9.17) is 4.74 Å². The summed E-state index contributed by atoms with van der Waals surface area (Å²) >= 11 is 0. The maximum atomic E-state index is 12.7. The molecule has 1 amide bonds. The largest absolute Gasteiger partial charge is 0.378 e. The number of ether oxygens (including phenoxy) is 1. The molecular weight excluding hydrogens is 354 g/mol. The van der Waals surface area contributed by atoms with E-state index < -0.39 is 0 Å². The lowest BCUT2D eigenvalue weighted by molar-refractivity contribution is 0.00705. The van der Waals surface area contributed by atoms with Crippen molar-refractivity contribution in [1.29, 1.82) is 0 Å². The van der Waals surface area contributed by atoms with Crippen LogP contribution in [0.25, 0.3) is 11.0 Å². The minimum Gasteiger partial charge on any atom is -0.378 e. The van der Waals surface area contributed by atoms with Crippen molar-refractivity contribution in [2.24, 2.45) is 0 Å². The fraction of sp³-hybridized carbons (Fsp3) is 0.476. The number of aryl methyl sites for hydroxylation is 1. The zero-order chi connectivity index (χ0) is 19.5. The highest BCUT2D eigenvalue weighted by atomic mass is 16.5. The maximum absolute atomic E-state index is 12.7. The van der Waals surface area contributed by atoms with Crippen molar-refractivity contribution in [3.8, 4) is 0 Å². The van der Waals surface area contributed by atoms with Gasteiger partial charge in [0.25, 0.3) is 5.91 Å². The lowest BCUT2D eigenvalue weighted by Gasteiger charge is -2.24. The summed E-state index contributed by atoms with van der Waals surface area (Å²) in [7, 11) is 1.83. The minimum atomic E-state index is -0.0643. The van der Waals surface area contributed by atoms with Gasteiger partial charge in [0, 0.05) is 20.2 Å². The summed E-state index contributed by atoms with van der Waals surface area (Å²) in [6.45, 7) is 4.11. The topological polar surface area (TPSA) is 76.0 Å². The Morgan fingerprint density at radius 2 is 2.21 bits per heavy atom. The van der Waals surface area contributed by atoms with E-state index in [-0.39, 0.29) is 12.0 Å². The van der Waals surface area contributed by atoms with Gasteiger partial charge in [0.2, 0.25) is 0 Å². The van der Waals surface area contributed by atoms with E-state index in [9.17, 15) is 4.79 Å². The molecule has 1 aromatic carbocycles. The zero-order valence-electron chi connectivity index (χ0n) is 16.5. The molecule has 1 aliphatic heterocycles. The Morgan fingerprint density at radius 1 is 1.36 bits per heavy atom. The fourth-order valence-electron chi connectivity index (χ4n) is 3.79. The van der Waals surface area contributed by atoms with Crippen molar-refractivity contribution in [2.75, 3.05) is 20.2 Å². The number of benzene rings is 1. The molecule has 2 aromatic heterocycles. The molecule has 4 rings (SSSR count). The molecule has 1 N–H and O–H groups in total. The number of nitrogens with zero attached hydrogens (tertiary/aromatic N) is 4. The molecule has 0 spiro atoms. The van der Waals surface area contributed by atoms with Crippen LogP contribution in [0, 0.1) is 6.92 Å². The molecule has 1 saturated heterocycles. The summed E-state index contributed by atoms with van der Waals surface area (Å²) in [5.74, 6) is 0.874. The maximum Gasteiger partial charge on any atom is 0.274 e. The zero-order valence-corrected chi connectivity index (χ0v) is 16.5. The number of carbonyl (C=O) groups excluding carboxylic acids is 1. The van der Waals surface area contributed by atoms with Gasteiger partial charge in [0.15, 0.2) is 0 Å². The first-order chi connectivity index (χ1) is 13.6. The minimum absolute atomic E-state index is 0.0643. The molecule has 148 valence electrons. The van der Waals surface area contributed by atoms with E-state index in [0.717, 1.165) is 48.4 Å². The number of para-hydroxylation sites is 2. The van der Waals surface area contributed by atoms with Crippen LogP contribution in [-0.4, -0.2) is 56.9 Å². The third-order valence-electron chi connectivity index (χ3n) is 5.43. The van der Waals surface area contributed by atoms with Gasteiger partial charge in [-0.3, -0.25) is 9.89 Å². The number of rotatable bonds is 6. The molecule has 1 fully saturated rings. The van der Waals surface area contributed by atoms with E-state index in [2.05, 4.69) is 25.8 Å². The fourth-order valence-corrected chi connectivity index (χ4v) is 3.79. The van der Waals surface area contributed by atoms with E-state index in [0.29, 0.717) is 18.8 Å². The summed E-state index contributed by atoms with van der Waals surface area (Å²) < 4.78 is 7.88. The smallest absolute Gasteiger partial charge is 0.274 e. The third-order valence-corrected chi connectivity index (χ3v) is 5.43. The van der Waals surface area contributed by atoms with Crippen LogP contribution >= 0.6 is 0 Å². The molecule has 3 aromatic rings. The molecular formula is C21H27N5O2. The number of aromatic nitrogens is 4. The average molecular weight is 381 g/mol. The molecule has 0 saturated carbocycles. The van der Waals surface area contributed by atoms with Gasteiger partial charge in [-0.25, -0.2) is 4.98 Å². The highest BCUT2D eigenvalue weighted by Gasteiger charge is 2.19. The second kappa shape index (κ2) is 8.14. The highest BCUT2D eigenvalue weighted by Crippen LogP contribution is 2.18. The second-order valence-corrected chi connectivity index (χ2v) is 7.52. The average Bonchev–Trinajstić information content (AvgIpc) is 3.31. The number of aromatic amines is 1. The van der Waals surface area contributed by atoms with Crippen LogP contribution in [0.1, 0.15) is 47.7 Å². The highest BCUT2D eigenvalue weighted by molar-refractivity contribution is 5.92. The molecule has 3 heterocycles. The molecule has 1 aliphatic rings. The number of H-pyrrole nitrogens is 1. The van der Waals surface area contributed by atoms with Crippen LogP contribution in [-0.2, 0) is 11.3 Å². The molecule has 0 bridgehead atoms. The van der Waals surface area contributed by atoms with Gasteiger partial charge in [-0.05, 0) is 50.8 Å². The van der Waals surface area contributed by atoms with Gasteiger partial charge in [0.1, 0.15) is 11.5 Å². The van der Waals surface area contributed by atoms with Crippen molar-refractivity contribution in [2.45, 2.75) is 45.3 Å². The van der Waals surface area contributed by atoms with Gasteiger partial charge in [-0.15, -0.1) is 0 Å². The summed E-state index contributed by atoms with van der Waals surface area (Å²) in [4.78, 5) is 19.0. The van der Waals surface area contributed by atoms with E-state index >= 15 is 0 Å². The predicted molar refractivity (Wildman–Crippen MR) is 107 cm³/mol. The van der Waals surface area contributed by atoms with Crippen molar-refractivity contribution in [3.63, 3.8) is 0 Å². The number of hydrogen-bond acceptors (Lipinski definition) is 4. The van der Waals surface area contributed by atoms with Crippen molar-refractivity contribution < 1.29 is 9.53 Å². The lowest BCUT2D eigenvalue weighted by Crippen LogP contribution is -2.31. The Labute approximate surface area is 164 Å². The van der Waals surface area contributed by atoms with Crippen LogP contribution in [0.2, 0.25) is 0 Å². The second-order valence-electron chi connectivity index (χ2n) is 7.52. The number of imidazole rings is 1. The summed E-state index contributed by atoms with van der Waals surface area (Å²) in [6.07, 6.45) is 4.60. The van der Waals surface area contributed by atoms with Gasteiger partial charge in [0.05, 0.1) is 29.4 Å². The predicted octanol–water partition coefficient (Wildman–Crippen LogP) is 3.15. The van der Waals surface area contributed by atoms with Crippen molar-refractivity contribution in [3.05, 3.63) is 47.5 Å². The first-order valence-corrected chi connectivity index (χ1v) is 9.95. The molecule has 0 unspecified atom stereocenters. The van der Waals surface area contributed by atoms with Crippen molar-refractivity contribution in [1.82, 2.24) is 24.6 Å². The number of amides is 1. The van der Waals surface area contributed by atoms with E-state index in [1.165, 1.54) is 6.42 Å². The Hall–Kier alpha value is -2.67. The van der Waals surface area contributed by atoms with Gasteiger partial charge < -0.3 is 14.2 Å². The molecule has 28 heavy (non-hydrogen) atoms. The van der Waals surface area contributed by atoms with Crippen LogP contribution in [0.5, 0.6) is 0 Å². The standard InChI is InChI=1S/C21H27N5O2/c1-15-22-18-8-3-4-9-20(18)26(15)14-16-13-19(24-23-16)21(27)25(2)11-10-17-7-5-6-12-28-17/h3-4,8-9,13,17H,5-7,10-12,14H2,1-2H3,(H,23,24)/t17-/m1/s1. The summed E-state index contributed by atoms with van der Waals surface area (Å²) in [5.41, 5.74) is 3.38. The van der Waals surface area contributed by atoms with Gasteiger partial charge in [-0.2, -0.15) is 5.10 Å². The number of carbonyl (C=O) groups is 1. The number of hydrogen-bond donors (Lipinski definition) is 1. The first-order valence-electron chi connectivity index (χ1n) is 9.95. The van der Waals surface area contributed by atoms with Gasteiger partial charge in [-0.1, -0.05) is 12.1 Å². The summed E-state index contributed by atoms with van der Waals surface area (Å²) in [5, 5.41) is 7.25. The molecule has 1 atom stereocenters. The van der Waals surface area contributed by atoms with Crippen LogP contribution in [0.15, 0.2) is 30.3 Å². The van der Waals surface area contributed by atoms with E-state index in [1.807, 2.05) is 38.2 Å². The molecule has 7 heteroatoms. The molecule has 7 nitrogen and oxygen atoms in total. The molecule has 0 radical (unpaired) electrons. The first kappa shape index (κ1) is 18.7. The Bertz CT molecular complexity index is 955. The third kappa shape index (κ3) is 3.94. The van der Waals surface area contributed by atoms with Crippen LogP contribution < -0.4 is 0 Å². The Kier molecular flexibility index (Phi) is 5.43. The number of fused-ring (bicyclic) bond motifs is 1. The SMILES string of the molecule is Cc1nc2ccccc2n1Cc1cc(C(=O)N(C)CC[C@H]2CCCCO2)n[nH]1. The Balaban J connectivity index is 1.40. The Morgan fingerprint density at radius 3 is 3.04 bits per heavy atom. The normalized spacial score (nSPS) is 17.1. The monoisotopic (exact) mass is 381 g/mol.